The van der Waals surface area contributed by atoms with E-state index >= 15 is 0 Å². The van der Waals surface area contributed by atoms with Crippen molar-refractivity contribution < 1.29 is 9.53 Å². The number of allylic oxidation sites excluding steroid dienone is 2. The summed E-state index contributed by atoms with van der Waals surface area (Å²) < 4.78 is 4.96. The predicted molar refractivity (Wildman–Crippen MR) is 116 cm³/mol. The van der Waals surface area contributed by atoms with Gasteiger partial charge in [0.05, 0.1) is 7.11 Å². The zero-order valence-corrected chi connectivity index (χ0v) is 18.2. The first-order chi connectivity index (χ1) is 13.9. The Balaban J connectivity index is 1.60. The Morgan fingerprint density at radius 1 is 1.28 bits per heavy atom. The highest BCUT2D eigenvalue weighted by molar-refractivity contribution is 5.72. The molecule has 29 heavy (non-hydrogen) atoms. The van der Waals surface area contributed by atoms with Crippen LogP contribution in [0.15, 0.2) is 30.6 Å². The topological polar surface area (TPSA) is 65.2 Å². The van der Waals surface area contributed by atoms with E-state index in [0.717, 1.165) is 13.0 Å². The van der Waals surface area contributed by atoms with Gasteiger partial charge in [-0.3, -0.25) is 9.78 Å². The smallest absolute Gasteiger partial charge is 0.305 e. The molecule has 0 saturated heterocycles. The van der Waals surface area contributed by atoms with Gasteiger partial charge in [-0.05, 0) is 96.8 Å². The summed E-state index contributed by atoms with van der Waals surface area (Å²) in [4.78, 5) is 16.3. The number of esters is 1. The van der Waals surface area contributed by atoms with E-state index in [1.807, 2.05) is 12.4 Å². The lowest BCUT2D eigenvalue weighted by molar-refractivity contribution is -0.143. The quantitative estimate of drug-likeness (QED) is 0.723. The Morgan fingerprint density at radius 2 is 2.10 bits per heavy atom. The number of pyridine rings is 1. The molecule has 3 aliphatic rings. The van der Waals surface area contributed by atoms with Gasteiger partial charge in [0.25, 0.3) is 0 Å². The molecule has 0 aromatic carbocycles. The molecule has 1 aromatic rings. The van der Waals surface area contributed by atoms with Crippen LogP contribution in [-0.4, -0.2) is 24.6 Å². The Labute approximate surface area is 175 Å². The first-order valence-corrected chi connectivity index (χ1v) is 11.3. The maximum atomic E-state index is 11.9. The van der Waals surface area contributed by atoms with Crippen molar-refractivity contribution in [2.75, 3.05) is 13.7 Å². The SMILES string of the molecule is COC(=O)CC[C@@]1(C)[C@H](CN)CC[C@@H]2[C@@H]1CC[C@]1(C)C(c3cccnc3)=CC[C@@H]21. The third-order valence-corrected chi connectivity index (χ3v) is 9.00. The van der Waals surface area contributed by atoms with Crippen molar-refractivity contribution in [3.63, 3.8) is 0 Å². The van der Waals surface area contributed by atoms with Crippen molar-refractivity contribution in [3.05, 3.63) is 36.2 Å². The van der Waals surface area contributed by atoms with Crippen molar-refractivity contribution in [3.8, 4) is 0 Å². The minimum absolute atomic E-state index is 0.0915. The summed E-state index contributed by atoms with van der Waals surface area (Å²) in [5.74, 6) is 2.46. The van der Waals surface area contributed by atoms with Crippen molar-refractivity contribution in [1.29, 1.82) is 0 Å². The van der Waals surface area contributed by atoms with E-state index < -0.39 is 0 Å². The van der Waals surface area contributed by atoms with Gasteiger partial charge in [0.1, 0.15) is 0 Å². The molecule has 4 rings (SSSR count). The van der Waals surface area contributed by atoms with E-state index in [1.165, 1.54) is 50.4 Å². The molecule has 1 heterocycles. The molecule has 0 aliphatic heterocycles. The van der Waals surface area contributed by atoms with Crippen molar-refractivity contribution >= 4 is 11.5 Å². The fourth-order valence-electron chi connectivity index (χ4n) is 7.32. The van der Waals surface area contributed by atoms with Crippen molar-refractivity contribution in [2.24, 2.45) is 40.2 Å². The van der Waals surface area contributed by atoms with Gasteiger partial charge in [-0.1, -0.05) is 26.0 Å². The van der Waals surface area contributed by atoms with Crippen LogP contribution in [0.2, 0.25) is 0 Å². The number of nitrogens with two attached hydrogens (primary N) is 1. The van der Waals surface area contributed by atoms with E-state index in [4.69, 9.17) is 10.5 Å². The van der Waals surface area contributed by atoms with Gasteiger partial charge < -0.3 is 10.5 Å². The Morgan fingerprint density at radius 3 is 2.79 bits per heavy atom. The van der Waals surface area contributed by atoms with Crippen LogP contribution in [-0.2, 0) is 9.53 Å². The zero-order chi connectivity index (χ0) is 20.6. The highest BCUT2D eigenvalue weighted by atomic mass is 16.5. The average molecular weight is 397 g/mol. The average Bonchev–Trinajstić information content (AvgIpc) is 3.10. The van der Waals surface area contributed by atoms with E-state index in [0.29, 0.717) is 30.1 Å². The van der Waals surface area contributed by atoms with Crippen molar-refractivity contribution in [1.82, 2.24) is 4.98 Å². The molecule has 0 spiro atoms. The number of hydrogen-bond acceptors (Lipinski definition) is 4. The number of hydrogen-bond donors (Lipinski definition) is 1. The molecule has 6 atom stereocenters. The molecule has 3 aliphatic carbocycles. The zero-order valence-electron chi connectivity index (χ0n) is 18.2. The molecule has 2 saturated carbocycles. The minimum Gasteiger partial charge on any atom is -0.469 e. The maximum Gasteiger partial charge on any atom is 0.305 e. The van der Waals surface area contributed by atoms with Gasteiger partial charge in [-0.25, -0.2) is 0 Å². The Kier molecular flexibility index (Phi) is 5.58. The standard InChI is InChI=1S/C25H36N2O2/c1-24(13-11-23(28)29-3)18(15-26)6-7-19-21-9-8-20(17-5-4-14-27-16-17)25(21,2)12-10-22(19)24/h4-5,8,14,16,18-19,21-22H,6-7,9-13,15,26H2,1-3H3/t18-,19-,21-,22-,24-,25+/m0/s1. The summed E-state index contributed by atoms with van der Waals surface area (Å²) in [7, 11) is 1.49. The fraction of sp³-hybridized carbons (Fsp3) is 0.680. The molecular formula is C25H36N2O2. The van der Waals surface area contributed by atoms with Gasteiger partial charge >= 0.3 is 5.97 Å². The van der Waals surface area contributed by atoms with E-state index in [9.17, 15) is 4.79 Å². The Bertz CT molecular complexity index is 776. The van der Waals surface area contributed by atoms with E-state index in [-0.39, 0.29) is 16.8 Å². The van der Waals surface area contributed by atoms with Crippen LogP contribution < -0.4 is 5.73 Å². The molecule has 4 heteroatoms. The highest BCUT2D eigenvalue weighted by Gasteiger charge is 2.57. The normalized spacial score (nSPS) is 38.7. The van der Waals surface area contributed by atoms with Crippen molar-refractivity contribution in [2.45, 2.75) is 58.8 Å². The molecule has 0 amide bonds. The van der Waals surface area contributed by atoms with Gasteiger partial charge in [-0.2, -0.15) is 0 Å². The number of nitrogens with zero attached hydrogens (tertiary/aromatic N) is 1. The lowest BCUT2D eigenvalue weighted by Gasteiger charge is -2.59. The summed E-state index contributed by atoms with van der Waals surface area (Å²) in [6.07, 6.45) is 13.8. The van der Waals surface area contributed by atoms with Crippen LogP contribution in [0, 0.1) is 34.5 Å². The summed E-state index contributed by atoms with van der Waals surface area (Å²) in [5, 5.41) is 0. The number of ether oxygens (including phenoxy) is 1. The minimum atomic E-state index is -0.0915. The molecule has 0 unspecified atom stereocenters. The number of methoxy groups -OCH3 is 1. The first kappa shape index (κ1) is 20.6. The lowest BCUT2D eigenvalue weighted by atomic mass is 9.46. The fourth-order valence-corrected chi connectivity index (χ4v) is 7.32. The lowest BCUT2D eigenvalue weighted by Crippen LogP contribution is -2.53. The second-order valence-corrected chi connectivity index (χ2v) is 10.0. The number of aromatic nitrogens is 1. The first-order valence-electron chi connectivity index (χ1n) is 11.3. The third kappa shape index (κ3) is 3.34. The van der Waals surface area contributed by atoms with Crippen LogP contribution in [0.1, 0.15) is 64.4 Å². The molecule has 4 nitrogen and oxygen atoms in total. The molecule has 0 radical (unpaired) electrons. The molecular weight excluding hydrogens is 360 g/mol. The number of fused-ring (bicyclic) bond motifs is 3. The van der Waals surface area contributed by atoms with Gasteiger partial charge in [0.15, 0.2) is 0 Å². The number of carbonyl (C=O) groups is 1. The Hall–Kier alpha value is -1.68. The van der Waals surface area contributed by atoms with Crippen LogP contribution in [0.4, 0.5) is 0 Å². The van der Waals surface area contributed by atoms with E-state index in [2.05, 4.69) is 37.0 Å². The monoisotopic (exact) mass is 396 g/mol. The number of carbonyl (C=O) groups excluding carboxylic acids is 1. The number of rotatable bonds is 5. The second kappa shape index (κ2) is 7.86. The van der Waals surface area contributed by atoms with Crippen LogP contribution in [0.5, 0.6) is 0 Å². The molecule has 1 aromatic heterocycles. The van der Waals surface area contributed by atoms with Crippen LogP contribution in [0.3, 0.4) is 0 Å². The third-order valence-electron chi connectivity index (χ3n) is 9.00. The molecule has 2 N–H and O–H groups in total. The van der Waals surface area contributed by atoms with Gasteiger partial charge in [0.2, 0.25) is 0 Å². The van der Waals surface area contributed by atoms with Gasteiger partial charge in [-0.15, -0.1) is 0 Å². The largest absolute Gasteiger partial charge is 0.469 e. The van der Waals surface area contributed by atoms with E-state index in [1.54, 1.807) is 0 Å². The summed E-state index contributed by atoms with van der Waals surface area (Å²) >= 11 is 0. The molecule has 158 valence electrons. The molecule has 2 fully saturated rings. The summed E-state index contributed by atoms with van der Waals surface area (Å²) in [5.41, 5.74) is 9.40. The van der Waals surface area contributed by atoms with Crippen LogP contribution in [0.25, 0.3) is 5.57 Å². The summed E-state index contributed by atoms with van der Waals surface area (Å²) in [6, 6.07) is 4.26. The highest BCUT2D eigenvalue weighted by Crippen LogP contribution is 2.66. The maximum absolute atomic E-state index is 11.9. The molecule has 0 bridgehead atoms. The van der Waals surface area contributed by atoms with Gasteiger partial charge in [0, 0.05) is 18.8 Å². The summed E-state index contributed by atoms with van der Waals surface area (Å²) in [6.45, 7) is 5.62. The second-order valence-electron chi connectivity index (χ2n) is 10.0. The van der Waals surface area contributed by atoms with Crippen LogP contribution >= 0.6 is 0 Å². The predicted octanol–water partition coefficient (Wildman–Crippen LogP) is 4.85.